The van der Waals surface area contributed by atoms with Crippen molar-refractivity contribution < 1.29 is 4.79 Å². The zero-order chi connectivity index (χ0) is 21.4. The molecule has 6 nitrogen and oxygen atoms in total. The summed E-state index contributed by atoms with van der Waals surface area (Å²) in [6, 6.07) is 16.7. The Morgan fingerprint density at radius 2 is 1.87 bits per heavy atom. The van der Waals surface area contributed by atoms with Crippen molar-refractivity contribution >= 4 is 11.7 Å². The number of carbonyl (C=O) groups excluding carboxylic acids is 1. The molecule has 3 atom stereocenters. The van der Waals surface area contributed by atoms with Gasteiger partial charge in [-0.1, -0.05) is 30.3 Å². The Morgan fingerprint density at radius 3 is 2.61 bits per heavy atom. The smallest absolute Gasteiger partial charge is 0.223 e. The van der Waals surface area contributed by atoms with Crippen LogP contribution < -0.4 is 4.90 Å². The van der Waals surface area contributed by atoms with Gasteiger partial charge in [-0.05, 0) is 42.7 Å². The molecule has 0 spiro atoms. The van der Waals surface area contributed by atoms with Crippen LogP contribution in [0.4, 0.5) is 5.82 Å². The number of aromatic nitrogens is 3. The Hall–Kier alpha value is -3.15. The highest BCUT2D eigenvalue weighted by Crippen LogP contribution is 2.46. The van der Waals surface area contributed by atoms with Crippen LogP contribution in [0, 0.1) is 18.8 Å². The molecule has 0 aliphatic carbocycles. The molecule has 1 aromatic carbocycles. The number of likely N-dealkylation sites (tertiary alicyclic amines) is 1. The van der Waals surface area contributed by atoms with Crippen molar-refractivity contribution in [1.82, 2.24) is 19.7 Å². The van der Waals surface area contributed by atoms with Crippen LogP contribution in [-0.4, -0.2) is 45.2 Å². The third kappa shape index (κ3) is 3.71. The molecule has 2 fully saturated rings. The minimum Gasteiger partial charge on any atom is -0.356 e. The van der Waals surface area contributed by atoms with Gasteiger partial charge in [0, 0.05) is 63.0 Å². The lowest BCUT2D eigenvalue weighted by atomic mass is 9.87. The summed E-state index contributed by atoms with van der Waals surface area (Å²) in [7, 11) is 1.93. The molecule has 0 unspecified atom stereocenters. The summed E-state index contributed by atoms with van der Waals surface area (Å²) in [4.78, 5) is 22.5. The number of aryl methyl sites for hydroxylation is 3. The predicted octanol–water partition coefficient (Wildman–Crippen LogP) is 3.39. The summed E-state index contributed by atoms with van der Waals surface area (Å²) in [6.45, 7) is 4.87. The average Bonchev–Trinajstić information content (AvgIpc) is 3.47. The highest BCUT2D eigenvalue weighted by Gasteiger charge is 2.49. The molecule has 0 saturated carbocycles. The van der Waals surface area contributed by atoms with Crippen LogP contribution in [-0.2, 0) is 18.3 Å². The van der Waals surface area contributed by atoms with Gasteiger partial charge in [0.2, 0.25) is 5.91 Å². The van der Waals surface area contributed by atoms with Crippen molar-refractivity contribution in [3.05, 3.63) is 77.7 Å². The molecule has 2 aromatic heterocycles. The minimum absolute atomic E-state index is 0.124. The molecule has 0 N–H and O–H groups in total. The molecule has 5 rings (SSSR count). The summed E-state index contributed by atoms with van der Waals surface area (Å²) in [5.74, 6) is 2.17. The van der Waals surface area contributed by atoms with E-state index in [-0.39, 0.29) is 11.9 Å². The number of benzene rings is 1. The van der Waals surface area contributed by atoms with Crippen molar-refractivity contribution in [2.45, 2.75) is 25.8 Å². The van der Waals surface area contributed by atoms with Crippen LogP contribution in [0.15, 0.2) is 60.9 Å². The summed E-state index contributed by atoms with van der Waals surface area (Å²) in [5, 5.41) is 4.23. The largest absolute Gasteiger partial charge is 0.356 e. The van der Waals surface area contributed by atoms with E-state index in [0.717, 1.165) is 37.6 Å². The molecule has 31 heavy (non-hydrogen) atoms. The first-order valence-electron chi connectivity index (χ1n) is 11.1. The van der Waals surface area contributed by atoms with Gasteiger partial charge in [-0.25, -0.2) is 4.98 Å². The Bertz CT molecular complexity index is 1060. The van der Waals surface area contributed by atoms with Gasteiger partial charge in [0.05, 0.1) is 6.04 Å². The van der Waals surface area contributed by atoms with Crippen molar-refractivity contribution in [3.8, 4) is 0 Å². The maximum Gasteiger partial charge on any atom is 0.223 e. The predicted molar refractivity (Wildman–Crippen MR) is 121 cm³/mol. The second-order valence-electron chi connectivity index (χ2n) is 8.81. The summed E-state index contributed by atoms with van der Waals surface area (Å²) in [5.41, 5.74) is 3.64. The standard InChI is InChI=1S/C25H29N5O/c1-18-7-3-4-8-21(18)25-22-17-29(23-9-5-6-13-26-23)15-19(22)16-30(25)24(31)11-10-20-12-14-27-28(20)2/h3-9,12-14,19,22,25H,10-11,15-17H2,1-2H3/t19-,22-,25-/m0/s1. The van der Waals surface area contributed by atoms with E-state index in [2.05, 4.69) is 57.1 Å². The third-order valence-corrected chi connectivity index (χ3v) is 6.98. The molecule has 2 saturated heterocycles. The lowest BCUT2D eigenvalue weighted by Crippen LogP contribution is -2.36. The summed E-state index contributed by atoms with van der Waals surface area (Å²) in [6.07, 6.45) is 4.89. The number of carbonyl (C=O) groups is 1. The number of hydrogen-bond donors (Lipinski definition) is 0. The van der Waals surface area contributed by atoms with Crippen molar-refractivity contribution in [3.63, 3.8) is 0 Å². The van der Waals surface area contributed by atoms with E-state index in [4.69, 9.17) is 0 Å². The second-order valence-corrected chi connectivity index (χ2v) is 8.81. The van der Waals surface area contributed by atoms with Crippen LogP contribution in [0.1, 0.15) is 29.3 Å². The van der Waals surface area contributed by atoms with E-state index in [1.165, 1.54) is 11.1 Å². The van der Waals surface area contributed by atoms with Gasteiger partial charge < -0.3 is 9.80 Å². The van der Waals surface area contributed by atoms with Gasteiger partial charge in [-0.3, -0.25) is 9.48 Å². The number of rotatable bonds is 5. The first kappa shape index (κ1) is 19.8. The molecule has 0 bridgehead atoms. The van der Waals surface area contributed by atoms with Gasteiger partial charge in [0.25, 0.3) is 0 Å². The monoisotopic (exact) mass is 415 g/mol. The minimum atomic E-state index is 0.124. The molecule has 4 heterocycles. The number of amides is 1. The zero-order valence-electron chi connectivity index (χ0n) is 18.2. The van der Waals surface area contributed by atoms with Crippen LogP contribution in [0.2, 0.25) is 0 Å². The quantitative estimate of drug-likeness (QED) is 0.641. The fourth-order valence-corrected chi connectivity index (χ4v) is 5.37. The van der Waals surface area contributed by atoms with Crippen LogP contribution in [0.25, 0.3) is 0 Å². The number of anilines is 1. The average molecular weight is 416 g/mol. The van der Waals surface area contributed by atoms with E-state index >= 15 is 0 Å². The van der Waals surface area contributed by atoms with E-state index in [0.29, 0.717) is 18.3 Å². The lowest BCUT2D eigenvalue weighted by Gasteiger charge is -2.31. The van der Waals surface area contributed by atoms with E-state index in [1.54, 1.807) is 6.20 Å². The van der Waals surface area contributed by atoms with Gasteiger partial charge in [-0.15, -0.1) is 0 Å². The van der Waals surface area contributed by atoms with Gasteiger partial charge in [-0.2, -0.15) is 5.10 Å². The normalized spacial score (nSPS) is 22.7. The first-order chi connectivity index (χ1) is 15.1. The van der Waals surface area contributed by atoms with Crippen molar-refractivity contribution in [2.24, 2.45) is 18.9 Å². The van der Waals surface area contributed by atoms with E-state index in [1.807, 2.05) is 36.1 Å². The second kappa shape index (κ2) is 8.17. The van der Waals surface area contributed by atoms with Crippen LogP contribution >= 0.6 is 0 Å². The van der Waals surface area contributed by atoms with Crippen molar-refractivity contribution in [2.75, 3.05) is 24.5 Å². The molecule has 6 heteroatoms. The van der Waals surface area contributed by atoms with E-state index < -0.39 is 0 Å². The molecule has 2 aliphatic heterocycles. The molecule has 2 aliphatic rings. The molecule has 160 valence electrons. The number of fused-ring (bicyclic) bond motifs is 1. The molecular weight excluding hydrogens is 386 g/mol. The van der Waals surface area contributed by atoms with Gasteiger partial charge in [0.15, 0.2) is 0 Å². The Kier molecular flexibility index (Phi) is 5.22. The molecule has 0 radical (unpaired) electrons. The molecule has 3 aromatic rings. The topological polar surface area (TPSA) is 54.3 Å². The molecular formula is C25H29N5O. The number of hydrogen-bond acceptors (Lipinski definition) is 4. The fraction of sp³-hybridized carbons (Fsp3) is 0.400. The Labute approximate surface area is 183 Å². The Balaban J connectivity index is 1.39. The van der Waals surface area contributed by atoms with Gasteiger partial charge >= 0.3 is 0 Å². The maximum absolute atomic E-state index is 13.4. The highest BCUT2D eigenvalue weighted by molar-refractivity contribution is 5.77. The fourth-order valence-electron chi connectivity index (χ4n) is 5.37. The molecule has 1 amide bonds. The number of nitrogens with zero attached hydrogens (tertiary/aromatic N) is 5. The maximum atomic E-state index is 13.4. The summed E-state index contributed by atoms with van der Waals surface area (Å²) >= 11 is 0. The van der Waals surface area contributed by atoms with Gasteiger partial charge in [0.1, 0.15) is 5.82 Å². The zero-order valence-corrected chi connectivity index (χ0v) is 18.2. The van der Waals surface area contributed by atoms with Crippen LogP contribution in [0.5, 0.6) is 0 Å². The van der Waals surface area contributed by atoms with Crippen molar-refractivity contribution in [1.29, 1.82) is 0 Å². The van der Waals surface area contributed by atoms with Crippen LogP contribution in [0.3, 0.4) is 0 Å². The Morgan fingerprint density at radius 1 is 1.03 bits per heavy atom. The SMILES string of the molecule is Cc1ccccc1[C@H]1[C@H]2CN(c3ccccn3)C[C@H]2CN1C(=O)CCc1ccnn1C. The lowest BCUT2D eigenvalue weighted by molar-refractivity contribution is -0.132. The number of pyridine rings is 1. The third-order valence-electron chi connectivity index (χ3n) is 6.98. The highest BCUT2D eigenvalue weighted by atomic mass is 16.2. The first-order valence-corrected chi connectivity index (χ1v) is 11.1. The van der Waals surface area contributed by atoms with E-state index in [9.17, 15) is 4.79 Å². The summed E-state index contributed by atoms with van der Waals surface area (Å²) < 4.78 is 1.86.